The van der Waals surface area contributed by atoms with Crippen molar-refractivity contribution in [2.75, 3.05) is 0 Å². The molecule has 2 N–H and O–H groups in total. The summed E-state index contributed by atoms with van der Waals surface area (Å²) in [4.78, 5) is 23.6. The van der Waals surface area contributed by atoms with E-state index >= 15 is 0 Å². The van der Waals surface area contributed by atoms with E-state index in [1.54, 1.807) is 6.08 Å². The van der Waals surface area contributed by atoms with E-state index in [9.17, 15) is 9.59 Å². The number of carboxylic acid groups (broad SMARTS) is 1. The maximum atomic E-state index is 12.4. The van der Waals surface area contributed by atoms with Crippen LogP contribution in [0.15, 0.2) is 43.0 Å². The third kappa shape index (κ3) is 2.90. The number of rotatable bonds is 7. The highest BCUT2D eigenvalue weighted by molar-refractivity contribution is 5.93. The van der Waals surface area contributed by atoms with Crippen LogP contribution in [0.1, 0.15) is 31.2 Å². The molecule has 0 radical (unpaired) electrons. The summed E-state index contributed by atoms with van der Waals surface area (Å²) in [5.41, 5.74) is 0.439. The maximum Gasteiger partial charge on any atom is 0.326 e. The van der Waals surface area contributed by atoms with Crippen LogP contribution < -0.4 is 5.32 Å². The molecule has 1 aliphatic rings. The molecule has 0 bridgehead atoms. The second-order valence-corrected chi connectivity index (χ2v) is 5.18. The number of hydrogen-bond acceptors (Lipinski definition) is 2. The number of nitrogens with one attached hydrogen (secondary N) is 1. The number of aliphatic carboxylic acids is 1. The van der Waals surface area contributed by atoms with Crippen LogP contribution in [-0.4, -0.2) is 23.0 Å². The van der Waals surface area contributed by atoms with Crippen molar-refractivity contribution in [1.29, 1.82) is 0 Å². The summed E-state index contributed by atoms with van der Waals surface area (Å²) in [6.45, 7) is 3.57. The lowest BCUT2D eigenvalue weighted by Crippen LogP contribution is -2.45. The second kappa shape index (κ2) is 5.90. The van der Waals surface area contributed by atoms with Gasteiger partial charge in [-0.15, -0.1) is 6.58 Å². The highest BCUT2D eigenvalue weighted by atomic mass is 16.4. The van der Waals surface area contributed by atoms with Gasteiger partial charge in [0.2, 0.25) is 5.91 Å². The molecule has 0 aromatic heterocycles. The molecule has 1 saturated carbocycles. The van der Waals surface area contributed by atoms with Crippen LogP contribution >= 0.6 is 0 Å². The molecular formula is C16H19NO3. The fraction of sp³-hybridized carbons (Fsp3) is 0.375. The van der Waals surface area contributed by atoms with Gasteiger partial charge >= 0.3 is 5.97 Å². The normalized spacial score (nSPS) is 17.0. The van der Waals surface area contributed by atoms with E-state index < -0.39 is 17.4 Å². The smallest absolute Gasteiger partial charge is 0.326 e. The first-order chi connectivity index (χ1) is 9.60. The van der Waals surface area contributed by atoms with Crippen molar-refractivity contribution in [3.63, 3.8) is 0 Å². The lowest BCUT2D eigenvalue weighted by atomic mass is 9.94. The van der Waals surface area contributed by atoms with E-state index in [4.69, 9.17) is 5.11 Å². The molecule has 1 aromatic rings. The fourth-order valence-electron chi connectivity index (χ4n) is 2.37. The Hall–Kier alpha value is -2.10. The highest BCUT2D eigenvalue weighted by Gasteiger charge is 2.51. The monoisotopic (exact) mass is 273 g/mol. The molecule has 106 valence electrons. The van der Waals surface area contributed by atoms with E-state index in [1.165, 1.54) is 0 Å². The first-order valence-electron chi connectivity index (χ1n) is 6.80. The average molecular weight is 273 g/mol. The van der Waals surface area contributed by atoms with Gasteiger partial charge in [-0.1, -0.05) is 36.4 Å². The van der Waals surface area contributed by atoms with Crippen LogP contribution in [0.5, 0.6) is 0 Å². The Kier molecular flexibility index (Phi) is 4.23. The van der Waals surface area contributed by atoms with Gasteiger partial charge in [-0.2, -0.15) is 0 Å². The molecule has 1 unspecified atom stereocenters. The molecule has 1 atom stereocenters. The van der Waals surface area contributed by atoms with Gasteiger partial charge in [0, 0.05) is 0 Å². The summed E-state index contributed by atoms with van der Waals surface area (Å²) < 4.78 is 0. The Balaban J connectivity index is 2.07. The first kappa shape index (κ1) is 14.3. The molecule has 1 fully saturated rings. The minimum absolute atomic E-state index is 0.180. The second-order valence-electron chi connectivity index (χ2n) is 5.18. The van der Waals surface area contributed by atoms with E-state index in [0.717, 1.165) is 18.4 Å². The highest BCUT2D eigenvalue weighted by Crippen LogP contribution is 2.48. The van der Waals surface area contributed by atoms with Crippen LogP contribution in [0.2, 0.25) is 0 Å². The van der Waals surface area contributed by atoms with E-state index in [2.05, 4.69) is 11.9 Å². The van der Waals surface area contributed by atoms with Gasteiger partial charge in [0.15, 0.2) is 0 Å². The molecule has 20 heavy (non-hydrogen) atoms. The molecule has 1 aromatic carbocycles. The van der Waals surface area contributed by atoms with Crippen molar-refractivity contribution in [3.8, 4) is 0 Å². The SMILES string of the molecule is C=CCCC(NC(=O)C1(c2ccccc2)CC1)C(=O)O. The number of carboxylic acids is 1. The average Bonchev–Trinajstić information content (AvgIpc) is 3.25. The van der Waals surface area contributed by atoms with Crippen molar-refractivity contribution < 1.29 is 14.7 Å². The predicted molar refractivity (Wildman–Crippen MR) is 76.4 cm³/mol. The molecule has 1 aliphatic carbocycles. The summed E-state index contributed by atoms with van der Waals surface area (Å²) in [7, 11) is 0. The van der Waals surface area contributed by atoms with Crippen LogP contribution in [0.4, 0.5) is 0 Å². The zero-order chi connectivity index (χ0) is 14.6. The lowest BCUT2D eigenvalue weighted by molar-refractivity contribution is -0.142. The van der Waals surface area contributed by atoms with Gasteiger partial charge in [0.25, 0.3) is 0 Å². The Labute approximate surface area is 118 Å². The maximum absolute atomic E-state index is 12.4. The molecule has 0 aliphatic heterocycles. The number of allylic oxidation sites excluding steroid dienone is 1. The van der Waals surface area contributed by atoms with Crippen LogP contribution in [0.3, 0.4) is 0 Å². The van der Waals surface area contributed by atoms with Gasteiger partial charge in [0.05, 0.1) is 5.41 Å². The van der Waals surface area contributed by atoms with Crippen LogP contribution in [-0.2, 0) is 15.0 Å². The number of amides is 1. The van der Waals surface area contributed by atoms with Crippen molar-refractivity contribution in [2.24, 2.45) is 0 Å². The third-order valence-electron chi connectivity index (χ3n) is 3.77. The topological polar surface area (TPSA) is 66.4 Å². The quantitative estimate of drug-likeness (QED) is 0.749. The molecule has 0 spiro atoms. The van der Waals surface area contributed by atoms with Gasteiger partial charge in [-0.25, -0.2) is 4.79 Å². The molecule has 0 saturated heterocycles. The van der Waals surface area contributed by atoms with Crippen molar-refractivity contribution in [1.82, 2.24) is 5.32 Å². The van der Waals surface area contributed by atoms with E-state index in [-0.39, 0.29) is 5.91 Å². The van der Waals surface area contributed by atoms with Gasteiger partial charge in [0.1, 0.15) is 6.04 Å². The lowest BCUT2D eigenvalue weighted by Gasteiger charge is -2.19. The van der Waals surface area contributed by atoms with Crippen LogP contribution in [0, 0.1) is 0 Å². The Morgan fingerprint density at radius 1 is 1.35 bits per heavy atom. The zero-order valence-corrected chi connectivity index (χ0v) is 11.3. The fourth-order valence-corrected chi connectivity index (χ4v) is 2.37. The van der Waals surface area contributed by atoms with Crippen molar-refractivity contribution in [2.45, 2.75) is 37.1 Å². The molecular weight excluding hydrogens is 254 g/mol. The summed E-state index contributed by atoms with van der Waals surface area (Å²) >= 11 is 0. The zero-order valence-electron chi connectivity index (χ0n) is 11.3. The molecule has 1 amide bonds. The first-order valence-corrected chi connectivity index (χ1v) is 6.80. The largest absolute Gasteiger partial charge is 0.480 e. The van der Waals surface area contributed by atoms with Gasteiger partial charge in [-0.05, 0) is 31.2 Å². The van der Waals surface area contributed by atoms with E-state index in [1.807, 2.05) is 30.3 Å². The van der Waals surface area contributed by atoms with Crippen molar-refractivity contribution in [3.05, 3.63) is 48.6 Å². The standard InChI is InChI=1S/C16H19NO3/c1-2-3-9-13(14(18)19)17-15(20)16(10-11-16)12-7-5-4-6-8-12/h2,4-8,13H,1,3,9-11H2,(H,17,20)(H,18,19). The third-order valence-corrected chi connectivity index (χ3v) is 3.77. The van der Waals surface area contributed by atoms with Gasteiger partial charge < -0.3 is 10.4 Å². The van der Waals surface area contributed by atoms with Gasteiger partial charge in [-0.3, -0.25) is 4.79 Å². The summed E-state index contributed by atoms with van der Waals surface area (Å²) in [6.07, 6.45) is 4.14. The predicted octanol–water partition coefficient (Wildman–Crippen LogP) is 2.25. The molecule has 2 rings (SSSR count). The number of benzene rings is 1. The summed E-state index contributed by atoms with van der Waals surface area (Å²) in [6, 6.07) is 8.70. The Bertz CT molecular complexity index is 506. The molecule has 4 heteroatoms. The number of carbonyl (C=O) groups excluding carboxylic acids is 1. The summed E-state index contributed by atoms with van der Waals surface area (Å²) in [5, 5.41) is 11.8. The minimum Gasteiger partial charge on any atom is -0.480 e. The van der Waals surface area contributed by atoms with E-state index in [0.29, 0.717) is 12.8 Å². The van der Waals surface area contributed by atoms with Crippen LogP contribution in [0.25, 0.3) is 0 Å². The molecule has 4 nitrogen and oxygen atoms in total. The Morgan fingerprint density at radius 2 is 2.00 bits per heavy atom. The van der Waals surface area contributed by atoms with Crippen molar-refractivity contribution >= 4 is 11.9 Å². The number of hydrogen-bond donors (Lipinski definition) is 2. The molecule has 0 heterocycles. The Morgan fingerprint density at radius 3 is 2.50 bits per heavy atom. The number of carbonyl (C=O) groups is 2. The minimum atomic E-state index is -0.996. The summed E-state index contributed by atoms with van der Waals surface area (Å²) in [5.74, 6) is -1.18.